The van der Waals surface area contributed by atoms with Gasteiger partial charge in [0.1, 0.15) is 0 Å². The molecule has 1 aromatic carbocycles. The Morgan fingerprint density at radius 1 is 1.32 bits per heavy atom. The summed E-state index contributed by atoms with van der Waals surface area (Å²) in [4.78, 5) is 11.6. The third kappa shape index (κ3) is 4.54. The van der Waals surface area contributed by atoms with Crippen molar-refractivity contribution in [3.05, 3.63) is 29.8 Å². The van der Waals surface area contributed by atoms with Crippen LogP contribution in [0.15, 0.2) is 24.3 Å². The number of nitrogens with two attached hydrogens (primary N) is 1. The number of hydrogen-bond acceptors (Lipinski definition) is 4. The molecule has 1 amide bonds. The molecule has 0 spiro atoms. The number of rotatable bonds is 4. The van der Waals surface area contributed by atoms with Crippen molar-refractivity contribution in [2.75, 3.05) is 25.1 Å². The molecule has 1 heterocycles. The lowest BCUT2D eigenvalue weighted by Gasteiger charge is -2.21. The zero-order valence-electron chi connectivity index (χ0n) is 10.9. The summed E-state index contributed by atoms with van der Waals surface area (Å²) in [7, 11) is 0. The first-order chi connectivity index (χ1) is 9.28. The maximum atomic E-state index is 11.6. The van der Waals surface area contributed by atoms with Gasteiger partial charge in [-0.05, 0) is 36.5 Å². The van der Waals surface area contributed by atoms with Gasteiger partial charge in [-0.2, -0.15) is 0 Å². The Kier molecular flexibility index (Phi) is 5.18. The minimum absolute atomic E-state index is 0.410. The van der Waals surface area contributed by atoms with Crippen LogP contribution >= 0.6 is 0 Å². The van der Waals surface area contributed by atoms with Crippen molar-refractivity contribution in [3.63, 3.8) is 0 Å². The zero-order chi connectivity index (χ0) is 13.5. The molecule has 1 saturated heterocycles. The van der Waals surface area contributed by atoms with Crippen LogP contribution in [0.1, 0.15) is 18.4 Å². The van der Waals surface area contributed by atoms with Gasteiger partial charge in [0.05, 0.1) is 6.61 Å². The number of carbonyl (C=O) groups excluding carboxylic acids is 1. The largest absolute Gasteiger partial charge is 0.449 e. The number of ether oxygens (including phenoxy) is 2. The van der Waals surface area contributed by atoms with Gasteiger partial charge >= 0.3 is 6.09 Å². The third-order valence-corrected chi connectivity index (χ3v) is 3.23. The average molecular weight is 264 g/mol. The van der Waals surface area contributed by atoms with Gasteiger partial charge in [0.25, 0.3) is 0 Å². The molecule has 1 fully saturated rings. The maximum absolute atomic E-state index is 11.6. The van der Waals surface area contributed by atoms with E-state index in [1.807, 2.05) is 24.3 Å². The van der Waals surface area contributed by atoms with Crippen LogP contribution in [0, 0.1) is 5.92 Å². The maximum Gasteiger partial charge on any atom is 0.411 e. The van der Waals surface area contributed by atoms with Gasteiger partial charge in [0.2, 0.25) is 0 Å². The topological polar surface area (TPSA) is 73.6 Å². The summed E-state index contributed by atoms with van der Waals surface area (Å²) in [6.07, 6.45) is 1.50. The fraction of sp³-hybridized carbons (Fsp3) is 0.500. The van der Waals surface area contributed by atoms with E-state index in [1.54, 1.807) is 0 Å². The molecule has 1 aromatic rings. The van der Waals surface area contributed by atoms with Crippen molar-refractivity contribution in [2.45, 2.75) is 19.4 Å². The number of benzene rings is 1. The Balaban J connectivity index is 1.73. The first-order valence-corrected chi connectivity index (χ1v) is 6.58. The van der Waals surface area contributed by atoms with Gasteiger partial charge in [0.15, 0.2) is 0 Å². The first kappa shape index (κ1) is 13.8. The molecule has 5 heteroatoms. The summed E-state index contributed by atoms with van der Waals surface area (Å²) < 4.78 is 10.5. The molecule has 5 nitrogen and oxygen atoms in total. The smallest absolute Gasteiger partial charge is 0.411 e. The second kappa shape index (κ2) is 7.11. The SMILES string of the molecule is NCc1ccc(NC(=O)OCC2CCOCC2)cc1. The molecular formula is C14H20N2O3. The highest BCUT2D eigenvalue weighted by Gasteiger charge is 2.15. The summed E-state index contributed by atoms with van der Waals surface area (Å²) in [5.74, 6) is 0.416. The third-order valence-electron chi connectivity index (χ3n) is 3.23. The Labute approximate surface area is 113 Å². The second-order valence-corrected chi connectivity index (χ2v) is 4.68. The molecule has 0 bridgehead atoms. The van der Waals surface area contributed by atoms with Crippen LogP contribution in [0.2, 0.25) is 0 Å². The fourth-order valence-electron chi connectivity index (χ4n) is 1.98. The highest BCUT2D eigenvalue weighted by atomic mass is 16.5. The number of amides is 1. The Morgan fingerprint density at radius 2 is 2.00 bits per heavy atom. The van der Waals surface area contributed by atoms with E-state index in [-0.39, 0.29) is 0 Å². The number of nitrogens with one attached hydrogen (secondary N) is 1. The van der Waals surface area contributed by atoms with Gasteiger partial charge in [-0.25, -0.2) is 4.79 Å². The van der Waals surface area contributed by atoms with Crippen LogP contribution in [0.5, 0.6) is 0 Å². The molecule has 19 heavy (non-hydrogen) atoms. The minimum Gasteiger partial charge on any atom is -0.449 e. The standard InChI is InChI=1S/C14H20N2O3/c15-9-11-1-3-13(4-2-11)16-14(17)19-10-12-5-7-18-8-6-12/h1-4,12H,5-10,15H2,(H,16,17). The van der Waals surface area contributed by atoms with Crippen molar-refractivity contribution < 1.29 is 14.3 Å². The number of carbonyl (C=O) groups is 1. The number of anilines is 1. The van der Waals surface area contributed by atoms with E-state index in [4.69, 9.17) is 15.2 Å². The van der Waals surface area contributed by atoms with Crippen molar-refractivity contribution >= 4 is 11.8 Å². The normalized spacial score (nSPS) is 16.1. The van der Waals surface area contributed by atoms with Gasteiger partial charge in [0, 0.05) is 25.4 Å². The van der Waals surface area contributed by atoms with E-state index in [1.165, 1.54) is 0 Å². The molecule has 104 valence electrons. The van der Waals surface area contributed by atoms with E-state index in [0.717, 1.165) is 31.6 Å². The zero-order valence-corrected chi connectivity index (χ0v) is 10.9. The highest BCUT2D eigenvalue weighted by molar-refractivity contribution is 5.84. The highest BCUT2D eigenvalue weighted by Crippen LogP contribution is 2.15. The lowest BCUT2D eigenvalue weighted by Crippen LogP contribution is -2.23. The molecule has 2 rings (SSSR count). The molecule has 0 radical (unpaired) electrons. The van der Waals surface area contributed by atoms with E-state index < -0.39 is 6.09 Å². The second-order valence-electron chi connectivity index (χ2n) is 4.68. The Hall–Kier alpha value is -1.59. The molecular weight excluding hydrogens is 244 g/mol. The van der Waals surface area contributed by atoms with Crippen LogP contribution < -0.4 is 11.1 Å². The lowest BCUT2D eigenvalue weighted by molar-refractivity contribution is 0.0405. The van der Waals surface area contributed by atoms with Crippen molar-refractivity contribution in [1.82, 2.24) is 0 Å². The predicted octanol–water partition coefficient (Wildman–Crippen LogP) is 2.12. The Bertz CT molecular complexity index is 400. The van der Waals surface area contributed by atoms with Gasteiger partial charge in [-0.1, -0.05) is 12.1 Å². The van der Waals surface area contributed by atoms with Crippen molar-refractivity contribution in [3.8, 4) is 0 Å². The predicted molar refractivity (Wildman–Crippen MR) is 72.8 cm³/mol. The number of hydrogen-bond donors (Lipinski definition) is 2. The first-order valence-electron chi connectivity index (χ1n) is 6.58. The molecule has 0 aliphatic carbocycles. The lowest BCUT2D eigenvalue weighted by atomic mass is 10.0. The molecule has 0 saturated carbocycles. The van der Waals surface area contributed by atoms with Crippen molar-refractivity contribution in [1.29, 1.82) is 0 Å². The fourth-order valence-corrected chi connectivity index (χ4v) is 1.98. The quantitative estimate of drug-likeness (QED) is 0.873. The van der Waals surface area contributed by atoms with Crippen LogP contribution in [0.4, 0.5) is 10.5 Å². The average Bonchev–Trinajstić information content (AvgIpc) is 2.47. The summed E-state index contributed by atoms with van der Waals surface area (Å²) >= 11 is 0. The minimum atomic E-state index is -0.410. The van der Waals surface area contributed by atoms with Crippen LogP contribution in [-0.4, -0.2) is 25.9 Å². The molecule has 0 atom stereocenters. The molecule has 0 unspecified atom stereocenters. The summed E-state index contributed by atoms with van der Waals surface area (Å²) in [6.45, 7) is 2.47. The molecule has 1 aliphatic heterocycles. The van der Waals surface area contributed by atoms with Crippen LogP contribution in [0.3, 0.4) is 0 Å². The van der Waals surface area contributed by atoms with Crippen LogP contribution in [-0.2, 0) is 16.0 Å². The van der Waals surface area contributed by atoms with Crippen LogP contribution in [0.25, 0.3) is 0 Å². The molecule has 3 N–H and O–H groups in total. The summed E-state index contributed by atoms with van der Waals surface area (Å²) in [6, 6.07) is 7.40. The van der Waals surface area contributed by atoms with E-state index in [9.17, 15) is 4.79 Å². The Morgan fingerprint density at radius 3 is 2.63 bits per heavy atom. The monoisotopic (exact) mass is 264 g/mol. The van der Waals surface area contributed by atoms with Crippen molar-refractivity contribution in [2.24, 2.45) is 11.7 Å². The summed E-state index contributed by atoms with van der Waals surface area (Å²) in [5, 5.41) is 2.70. The van der Waals surface area contributed by atoms with Gasteiger partial charge in [-0.15, -0.1) is 0 Å². The van der Waals surface area contributed by atoms with E-state index in [2.05, 4.69) is 5.32 Å². The summed E-state index contributed by atoms with van der Waals surface area (Å²) in [5.41, 5.74) is 7.25. The van der Waals surface area contributed by atoms with E-state index in [0.29, 0.717) is 24.8 Å². The molecule has 1 aliphatic rings. The van der Waals surface area contributed by atoms with E-state index >= 15 is 0 Å². The van der Waals surface area contributed by atoms with Gasteiger partial charge in [-0.3, -0.25) is 5.32 Å². The van der Waals surface area contributed by atoms with Gasteiger partial charge < -0.3 is 15.2 Å². The molecule has 0 aromatic heterocycles.